The van der Waals surface area contributed by atoms with Crippen molar-refractivity contribution in [2.45, 2.75) is 6.54 Å². The zero-order chi connectivity index (χ0) is 16.4. The number of carbonyl (C=O) groups excluding carboxylic acids is 1. The summed E-state index contributed by atoms with van der Waals surface area (Å²) < 4.78 is 5.71. The molecule has 2 aromatic heterocycles. The van der Waals surface area contributed by atoms with Crippen molar-refractivity contribution in [2.24, 2.45) is 0 Å². The van der Waals surface area contributed by atoms with Crippen LogP contribution < -0.4 is 5.32 Å². The molecule has 2 heterocycles. The topological polar surface area (TPSA) is 72.7 Å². The zero-order valence-electron chi connectivity index (χ0n) is 12.6. The molecule has 118 valence electrons. The lowest BCUT2D eigenvalue weighted by molar-refractivity contribution is 0.102. The molecule has 0 atom stereocenters. The lowest BCUT2D eigenvalue weighted by Gasteiger charge is -2.09. The van der Waals surface area contributed by atoms with Crippen LogP contribution in [0.15, 0.2) is 60.0 Å². The summed E-state index contributed by atoms with van der Waals surface area (Å²) in [6.07, 6.45) is 0. The van der Waals surface area contributed by atoms with Gasteiger partial charge in [-0.2, -0.15) is 0 Å². The summed E-state index contributed by atoms with van der Waals surface area (Å²) in [6, 6.07) is 17.9. The van der Waals surface area contributed by atoms with Gasteiger partial charge in [-0.1, -0.05) is 47.0 Å². The van der Waals surface area contributed by atoms with E-state index in [1.54, 1.807) is 5.38 Å². The third kappa shape index (κ3) is 2.77. The minimum atomic E-state index is -0.312. The molecule has 1 N–H and O–H groups in total. The molecule has 1 amide bonds. The van der Waals surface area contributed by atoms with Crippen molar-refractivity contribution in [3.8, 4) is 0 Å². The molecule has 0 saturated heterocycles. The van der Waals surface area contributed by atoms with Crippen LogP contribution in [-0.2, 0) is 6.54 Å². The minimum Gasteiger partial charge on any atom is -0.305 e. The summed E-state index contributed by atoms with van der Waals surface area (Å²) in [5, 5.41) is 8.25. The Bertz CT molecular complexity index is 979. The standard InChI is InChI=1S/C17H13N5OS/c23-16(14-11-24-21-20-14)19-17-18-13-8-4-5-9-15(13)22(17)10-12-6-2-1-3-7-12/h1-9,11H,10H2,(H,18,19,23). The van der Waals surface area contributed by atoms with Crippen LogP contribution in [0, 0.1) is 0 Å². The lowest BCUT2D eigenvalue weighted by atomic mass is 10.2. The van der Waals surface area contributed by atoms with Gasteiger partial charge < -0.3 is 4.57 Å². The van der Waals surface area contributed by atoms with Gasteiger partial charge in [-0.05, 0) is 29.2 Å². The average molecular weight is 335 g/mol. The quantitative estimate of drug-likeness (QED) is 0.622. The first-order chi connectivity index (χ1) is 11.8. The van der Waals surface area contributed by atoms with Crippen LogP contribution >= 0.6 is 11.5 Å². The van der Waals surface area contributed by atoms with Gasteiger partial charge in [-0.25, -0.2) is 4.98 Å². The molecule has 4 rings (SSSR count). The second kappa shape index (κ2) is 6.21. The second-order valence-electron chi connectivity index (χ2n) is 5.24. The number of rotatable bonds is 4. The van der Waals surface area contributed by atoms with Gasteiger partial charge in [0.25, 0.3) is 5.91 Å². The molecule has 0 bridgehead atoms. The Morgan fingerprint density at radius 1 is 1.08 bits per heavy atom. The highest BCUT2D eigenvalue weighted by molar-refractivity contribution is 7.03. The lowest BCUT2D eigenvalue weighted by Crippen LogP contribution is -2.16. The normalized spacial score (nSPS) is 10.8. The molecule has 0 fully saturated rings. The fourth-order valence-corrected chi connectivity index (χ4v) is 2.96. The van der Waals surface area contributed by atoms with Crippen LogP contribution in [-0.4, -0.2) is 25.0 Å². The molecule has 0 unspecified atom stereocenters. The highest BCUT2D eigenvalue weighted by Gasteiger charge is 2.16. The van der Waals surface area contributed by atoms with Gasteiger partial charge >= 0.3 is 0 Å². The van der Waals surface area contributed by atoms with Gasteiger partial charge in [0.15, 0.2) is 5.69 Å². The van der Waals surface area contributed by atoms with Crippen LogP contribution in [0.3, 0.4) is 0 Å². The first-order valence-electron chi connectivity index (χ1n) is 7.39. The molecular weight excluding hydrogens is 322 g/mol. The molecule has 6 nitrogen and oxygen atoms in total. The van der Waals surface area contributed by atoms with Crippen LogP contribution in [0.4, 0.5) is 5.95 Å². The van der Waals surface area contributed by atoms with Crippen LogP contribution in [0.1, 0.15) is 16.1 Å². The second-order valence-corrected chi connectivity index (χ2v) is 5.85. The van der Waals surface area contributed by atoms with Crippen LogP contribution in [0.2, 0.25) is 0 Å². The number of hydrogen-bond donors (Lipinski definition) is 1. The van der Waals surface area contributed by atoms with E-state index >= 15 is 0 Å². The predicted molar refractivity (Wildman–Crippen MR) is 93.1 cm³/mol. The maximum absolute atomic E-state index is 12.3. The van der Waals surface area contributed by atoms with Crippen molar-refractivity contribution in [1.82, 2.24) is 19.1 Å². The number of benzene rings is 2. The number of anilines is 1. The number of nitrogens with one attached hydrogen (secondary N) is 1. The number of para-hydroxylation sites is 2. The Labute approximate surface area is 141 Å². The zero-order valence-corrected chi connectivity index (χ0v) is 13.4. The van der Waals surface area contributed by atoms with Crippen molar-refractivity contribution in [2.75, 3.05) is 5.32 Å². The number of fused-ring (bicyclic) bond motifs is 1. The molecular formula is C17H13N5OS. The van der Waals surface area contributed by atoms with E-state index in [1.165, 1.54) is 0 Å². The number of aromatic nitrogens is 4. The third-order valence-corrected chi connectivity index (χ3v) is 4.16. The highest BCUT2D eigenvalue weighted by atomic mass is 32.1. The fraction of sp³-hybridized carbons (Fsp3) is 0.0588. The van der Waals surface area contributed by atoms with Crippen molar-refractivity contribution < 1.29 is 4.79 Å². The first kappa shape index (κ1) is 14.5. The van der Waals surface area contributed by atoms with Crippen molar-refractivity contribution in [3.63, 3.8) is 0 Å². The van der Waals surface area contributed by atoms with E-state index in [0.717, 1.165) is 28.1 Å². The monoisotopic (exact) mass is 335 g/mol. The van der Waals surface area contributed by atoms with Gasteiger partial charge in [0.05, 0.1) is 17.6 Å². The smallest absolute Gasteiger partial charge is 0.279 e. The van der Waals surface area contributed by atoms with Crippen molar-refractivity contribution >= 4 is 34.4 Å². The number of imidazole rings is 1. The Morgan fingerprint density at radius 2 is 1.88 bits per heavy atom. The summed E-state index contributed by atoms with van der Waals surface area (Å²) in [4.78, 5) is 16.8. The number of amides is 1. The molecule has 0 spiro atoms. The van der Waals surface area contributed by atoms with E-state index in [0.29, 0.717) is 18.2 Å². The Hall–Kier alpha value is -3.06. The fourth-order valence-electron chi connectivity index (χ4n) is 2.53. The summed E-state index contributed by atoms with van der Waals surface area (Å²) in [5.74, 6) is 0.187. The summed E-state index contributed by atoms with van der Waals surface area (Å²) in [5.41, 5.74) is 3.22. The Balaban J connectivity index is 1.74. The molecule has 0 aliphatic rings. The van der Waals surface area contributed by atoms with Crippen LogP contribution in [0.5, 0.6) is 0 Å². The number of hydrogen-bond acceptors (Lipinski definition) is 5. The molecule has 2 aromatic carbocycles. The van der Waals surface area contributed by atoms with Crippen molar-refractivity contribution in [1.29, 1.82) is 0 Å². The van der Waals surface area contributed by atoms with Gasteiger partial charge in [-0.3, -0.25) is 10.1 Å². The predicted octanol–water partition coefficient (Wildman–Crippen LogP) is 3.19. The SMILES string of the molecule is O=C(Nc1nc2ccccc2n1Cc1ccccc1)c1csnn1. The first-order valence-corrected chi connectivity index (χ1v) is 8.22. The largest absolute Gasteiger partial charge is 0.305 e. The summed E-state index contributed by atoms with van der Waals surface area (Å²) >= 11 is 1.14. The van der Waals surface area contributed by atoms with E-state index < -0.39 is 0 Å². The minimum absolute atomic E-state index is 0.290. The molecule has 0 aliphatic carbocycles. The van der Waals surface area contributed by atoms with Crippen LogP contribution in [0.25, 0.3) is 11.0 Å². The van der Waals surface area contributed by atoms with Crippen molar-refractivity contribution in [3.05, 3.63) is 71.2 Å². The molecule has 0 aliphatic heterocycles. The highest BCUT2D eigenvalue weighted by Crippen LogP contribution is 2.21. The molecule has 0 radical (unpaired) electrons. The summed E-state index contributed by atoms with van der Waals surface area (Å²) in [7, 11) is 0. The van der Waals surface area contributed by atoms with E-state index in [-0.39, 0.29) is 5.91 Å². The van der Waals surface area contributed by atoms with Gasteiger partial charge in [0.2, 0.25) is 5.95 Å². The molecule has 4 aromatic rings. The number of carbonyl (C=O) groups is 1. The van der Waals surface area contributed by atoms with E-state index in [4.69, 9.17) is 0 Å². The maximum Gasteiger partial charge on any atom is 0.279 e. The molecule has 0 saturated carbocycles. The van der Waals surface area contributed by atoms with Gasteiger partial charge in [0.1, 0.15) is 0 Å². The molecule has 24 heavy (non-hydrogen) atoms. The summed E-state index contributed by atoms with van der Waals surface area (Å²) in [6.45, 7) is 0.617. The van der Waals surface area contributed by atoms with E-state index in [9.17, 15) is 4.79 Å². The molecule has 7 heteroatoms. The van der Waals surface area contributed by atoms with E-state index in [1.807, 2.05) is 59.2 Å². The van der Waals surface area contributed by atoms with Gasteiger partial charge in [-0.15, -0.1) is 5.10 Å². The van der Waals surface area contributed by atoms with Gasteiger partial charge in [0, 0.05) is 5.38 Å². The van der Waals surface area contributed by atoms with E-state index in [2.05, 4.69) is 19.9 Å². The number of nitrogens with zero attached hydrogens (tertiary/aromatic N) is 4. The maximum atomic E-state index is 12.3. The Morgan fingerprint density at radius 3 is 2.67 bits per heavy atom. The third-order valence-electron chi connectivity index (χ3n) is 3.66. The average Bonchev–Trinajstić information content (AvgIpc) is 3.25. The Kier molecular flexibility index (Phi) is 3.76.